The van der Waals surface area contributed by atoms with Crippen molar-refractivity contribution in [1.82, 2.24) is 15.2 Å². The number of fused-ring (bicyclic) bond motifs is 1. The van der Waals surface area contributed by atoms with Crippen LogP contribution in [-0.2, 0) is 0 Å². The maximum absolute atomic E-state index is 12.3. The molecule has 1 saturated heterocycles. The van der Waals surface area contributed by atoms with Crippen LogP contribution in [0.4, 0.5) is 5.13 Å². The number of carbonyl (C=O) groups is 1. The number of nitrogens with zero attached hydrogens (tertiary/aromatic N) is 3. The van der Waals surface area contributed by atoms with E-state index in [2.05, 4.69) is 55.9 Å². The zero-order chi connectivity index (χ0) is 18.6. The Morgan fingerprint density at radius 2 is 1.79 bits per heavy atom. The molecule has 2 heterocycles. The first-order valence-electron chi connectivity index (χ1n) is 9.06. The number of anilines is 1. The Labute approximate surface area is 188 Å². The van der Waals surface area contributed by atoms with Crippen molar-refractivity contribution in [2.45, 2.75) is 0 Å². The number of para-hydroxylation sites is 1. The summed E-state index contributed by atoms with van der Waals surface area (Å²) in [6.45, 7) is 5.49. The van der Waals surface area contributed by atoms with Gasteiger partial charge in [-0.25, -0.2) is 4.98 Å². The molecular formula is C20H22ClIN4OS. The maximum Gasteiger partial charge on any atom is 0.252 e. The molecule has 0 aliphatic carbocycles. The van der Waals surface area contributed by atoms with Crippen LogP contribution in [0, 0.1) is 3.57 Å². The van der Waals surface area contributed by atoms with Gasteiger partial charge in [-0.3, -0.25) is 9.69 Å². The van der Waals surface area contributed by atoms with Crippen molar-refractivity contribution in [1.29, 1.82) is 0 Å². The smallest absolute Gasteiger partial charge is 0.252 e. The first kappa shape index (κ1) is 21.3. The normalized spacial score (nSPS) is 14.7. The van der Waals surface area contributed by atoms with Gasteiger partial charge in [0.05, 0.1) is 15.8 Å². The molecule has 1 fully saturated rings. The lowest BCUT2D eigenvalue weighted by Crippen LogP contribution is -2.48. The molecular weight excluding hydrogens is 507 g/mol. The van der Waals surface area contributed by atoms with E-state index in [1.807, 2.05) is 30.3 Å². The van der Waals surface area contributed by atoms with Crippen LogP contribution in [0.15, 0.2) is 48.5 Å². The van der Waals surface area contributed by atoms with Gasteiger partial charge in [-0.1, -0.05) is 35.6 Å². The fourth-order valence-corrected chi connectivity index (χ4v) is 4.88. The maximum atomic E-state index is 12.3. The van der Waals surface area contributed by atoms with E-state index < -0.39 is 0 Å². The van der Waals surface area contributed by atoms with Crippen LogP contribution in [0.5, 0.6) is 0 Å². The van der Waals surface area contributed by atoms with Gasteiger partial charge in [-0.2, -0.15) is 0 Å². The molecule has 1 amide bonds. The second kappa shape index (κ2) is 9.87. The number of thiazole rings is 1. The first-order valence-corrected chi connectivity index (χ1v) is 11.0. The van der Waals surface area contributed by atoms with Crippen LogP contribution in [0.1, 0.15) is 10.4 Å². The number of amides is 1. The molecule has 0 saturated carbocycles. The average molecular weight is 529 g/mol. The number of hydrogen-bond acceptors (Lipinski definition) is 5. The molecule has 0 spiro atoms. The molecule has 2 aromatic carbocycles. The SMILES string of the molecule is Cl.O=C(NCCN1CCN(c2nc3ccccc3s2)CC1)c1ccccc1I. The minimum absolute atomic E-state index is 0. The Hall–Kier alpha value is -1.42. The highest BCUT2D eigenvalue weighted by molar-refractivity contribution is 14.1. The van der Waals surface area contributed by atoms with Crippen LogP contribution in [-0.4, -0.2) is 55.1 Å². The molecule has 8 heteroatoms. The predicted molar refractivity (Wildman–Crippen MR) is 127 cm³/mol. The van der Waals surface area contributed by atoms with Crippen LogP contribution in [0.25, 0.3) is 10.2 Å². The number of hydrogen-bond donors (Lipinski definition) is 1. The summed E-state index contributed by atoms with van der Waals surface area (Å²) in [4.78, 5) is 21.8. The van der Waals surface area contributed by atoms with Crippen LogP contribution in [0.3, 0.4) is 0 Å². The summed E-state index contributed by atoms with van der Waals surface area (Å²) in [6.07, 6.45) is 0. The summed E-state index contributed by atoms with van der Waals surface area (Å²) in [7, 11) is 0. The highest BCUT2D eigenvalue weighted by atomic mass is 127. The molecule has 28 heavy (non-hydrogen) atoms. The Bertz CT molecular complexity index is 910. The van der Waals surface area contributed by atoms with Gasteiger partial charge in [-0.15, -0.1) is 12.4 Å². The molecule has 0 bridgehead atoms. The highest BCUT2D eigenvalue weighted by Crippen LogP contribution is 2.29. The van der Waals surface area contributed by atoms with Crippen molar-refractivity contribution in [3.8, 4) is 0 Å². The van der Waals surface area contributed by atoms with E-state index in [0.717, 1.165) is 52.5 Å². The molecule has 4 rings (SSSR count). The molecule has 1 N–H and O–H groups in total. The second-order valence-electron chi connectivity index (χ2n) is 6.53. The van der Waals surface area contributed by atoms with Gasteiger partial charge in [0.25, 0.3) is 5.91 Å². The third-order valence-corrected chi connectivity index (χ3v) is 6.80. The molecule has 5 nitrogen and oxygen atoms in total. The summed E-state index contributed by atoms with van der Waals surface area (Å²) in [6, 6.07) is 16.0. The van der Waals surface area contributed by atoms with Crippen molar-refractivity contribution in [2.24, 2.45) is 0 Å². The Kier molecular flexibility index (Phi) is 7.50. The Morgan fingerprint density at radius 1 is 1.07 bits per heavy atom. The molecule has 1 aliphatic rings. The number of benzene rings is 2. The second-order valence-corrected chi connectivity index (χ2v) is 8.70. The molecule has 0 unspecified atom stereocenters. The fraction of sp³-hybridized carbons (Fsp3) is 0.300. The summed E-state index contributed by atoms with van der Waals surface area (Å²) in [5, 5.41) is 4.15. The van der Waals surface area contributed by atoms with E-state index in [1.165, 1.54) is 4.70 Å². The van der Waals surface area contributed by atoms with Gasteiger partial charge in [0.15, 0.2) is 5.13 Å². The quantitative estimate of drug-likeness (QED) is 0.511. The monoisotopic (exact) mass is 528 g/mol. The molecule has 148 valence electrons. The van der Waals surface area contributed by atoms with E-state index in [0.29, 0.717) is 6.54 Å². The van der Waals surface area contributed by atoms with E-state index in [4.69, 9.17) is 4.98 Å². The van der Waals surface area contributed by atoms with Gasteiger partial charge in [-0.05, 0) is 46.9 Å². The molecule has 1 aliphatic heterocycles. The average Bonchev–Trinajstić information content (AvgIpc) is 3.13. The van der Waals surface area contributed by atoms with Gasteiger partial charge < -0.3 is 10.2 Å². The summed E-state index contributed by atoms with van der Waals surface area (Å²) in [5.41, 5.74) is 1.83. The minimum Gasteiger partial charge on any atom is -0.351 e. The fourth-order valence-electron chi connectivity index (χ4n) is 3.23. The predicted octanol–water partition coefficient (Wildman–Crippen LogP) is 3.87. The third kappa shape index (κ3) is 4.94. The van der Waals surface area contributed by atoms with Crippen molar-refractivity contribution in [2.75, 3.05) is 44.2 Å². The topological polar surface area (TPSA) is 48.5 Å². The lowest BCUT2D eigenvalue weighted by molar-refractivity contribution is 0.0947. The number of halogens is 2. The zero-order valence-electron chi connectivity index (χ0n) is 15.3. The first-order chi connectivity index (χ1) is 13.2. The largest absolute Gasteiger partial charge is 0.351 e. The number of rotatable bonds is 5. The van der Waals surface area contributed by atoms with Gasteiger partial charge in [0, 0.05) is 42.8 Å². The van der Waals surface area contributed by atoms with Crippen molar-refractivity contribution >= 4 is 67.6 Å². The van der Waals surface area contributed by atoms with Crippen LogP contribution in [0.2, 0.25) is 0 Å². The number of aromatic nitrogens is 1. The van der Waals surface area contributed by atoms with E-state index >= 15 is 0 Å². The zero-order valence-corrected chi connectivity index (χ0v) is 19.1. The van der Waals surface area contributed by atoms with Crippen molar-refractivity contribution in [3.05, 3.63) is 57.7 Å². The summed E-state index contributed by atoms with van der Waals surface area (Å²) < 4.78 is 2.23. The highest BCUT2D eigenvalue weighted by Gasteiger charge is 2.19. The lowest BCUT2D eigenvalue weighted by Gasteiger charge is -2.34. The van der Waals surface area contributed by atoms with Gasteiger partial charge in [0.2, 0.25) is 0 Å². The van der Waals surface area contributed by atoms with E-state index in [-0.39, 0.29) is 18.3 Å². The Balaban J connectivity index is 0.00000225. The van der Waals surface area contributed by atoms with Crippen molar-refractivity contribution in [3.63, 3.8) is 0 Å². The minimum atomic E-state index is 0. The van der Waals surface area contributed by atoms with Crippen molar-refractivity contribution < 1.29 is 4.79 Å². The van der Waals surface area contributed by atoms with Gasteiger partial charge in [0.1, 0.15) is 0 Å². The molecule has 0 radical (unpaired) electrons. The van der Waals surface area contributed by atoms with E-state index in [1.54, 1.807) is 11.3 Å². The molecule has 1 aromatic heterocycles. The van der Waals surface area contributed by atoms with Crippen LogP contribution >= 0.6 is 46.3 Å². The number of carbonyl (C=O) groups excluding carboxylic acids is 1. The molecule has 0 atom stereocenters. The lowest BCUT2D eigenvalue weighted by atomic mass is 10.2. The van der Waals surface area contributed by atoms with E-state index in [9.17, 15) is 4.79 Å². The number of piperazine rings is 1. The standard InChI is InChI=1S/C20H21IN4OS.ClH/c21-16-6-2-1-5-15(16)19(26)22-9-10-24-11-13-25(14-12-24)20-23-17-7-3-4-8-18(17)27-20;/h1-8H,9-14H2,(H,22,26);1H. The van der Waals surface area contributed by atoms with Gasteiger partial charge >= 0.3 is 0 Å². The summed E-state index contributed by atoms with van der Waals surface area (Å²) >= 11 is 3.97. The number of nitrogens with one attached hydrogen (secondary N) is 1. The summed E-state index contributed by atoms with van der Waals surface area (Å²) in [5.74, 6) is 0.00751. The molecule has 3 aromatic rings. The Morgan fingerprint density at radius 3 is 2.54 bits per heavy atom. The van der Waals surface area contributed by atoms with Crippen LogP contribution < -0.4 is 10.2 Å². The third-order valence-electron chi connectivity index (χ3n) is 4.76.